The summed E-state index contributed by atoms with van der Waals surface area (Å²) in [5.74, 6) is 5.84. The van der Waals surface area contributed by atoms with Crippen molar-refractivity contribution in [2.45, 2.75) is 58.5 Å². The fraction of sp³-hybridized carbons (Fsp3) is 0.833. The minimum Gasteiger partial charge on any atom is -0.392 e. The molecule has 0 aromatic rings. The van der Waals surface area contributed by atoms with Crippen molar-refractivity contribution in [3.8, 4) is 11.8 Å². The Hall–Kier alpha value is -0.480. The molecule has 13 heavy (non-hydrogen) atoms. The topological polar surface area (TPSA) is 20.2 Å². The van der Waals surface area contributed by atoms with Gasteiger partial charge in [0.1, 0.15) is 0 Å². The molecule has 1 heteroatoms. The average Bonchev–Trinajstić information content (AvgIpc) is 2.63. The molecule has 1 atom stereocenters. The molecule has 1 saturated carbocycles. The summed E-state index contributed by atoms with van der Waals surface area (Å²) in [6.07, 6.45) is 6.50. The lowest BCUT2D eigenvalue weighted by Crippen LogP contribution is -2.31. The van der Waals surface area contributed by atoms with Gasteiger partial charge < -0.3 is 5.11 Å². The molecule has 74 valence electrons. The van der Waals surface area contributed by atoms with Crippen molar-refractivity contribution in [3.05, 3.63) is 0 Å². The molecular formula is C12H20O. The summed E-state index contributed by atoms with van der Waals surface area (Å²) < 4.78 is 0. The van der Waals surface area contributed by atoms with Gasteiger partial charge in [0.05, 0.1) is 6.10 Å². The van der Waals surface area contributed by atoms with E-state index in [9.17, 15) is 5.11 Å². The van der Waals surface area contributed by atoms with E-state index in [-0.39, 0.29) is 11.5 Å². The van der Waals surface area contributed by atoms with Crippen molar-refractivity contribution < 1.29 is 5.11 Å². The minimum absolute atomic E-state index is 0.198. The molecule has 0 saturated heterocycles. The van der Waals surface area contributed by atoms with Crippen molar-refractivity contribution >= 4 is 0 Å². The van der Waals surface area contributed by atoms with Crippen LogP contribution in [0, 0.1) is 17.3 Å². The van der Waals surface area contributed by atoms with Crippen molar-refractivity contribution in [2.24, 2.45) is 5.41 Å². The van der Waals surface area contributed by atoms with Crippen molar-refractivity contribution in [1.29, 1.82) is 0 Å². The van der Waals surface area contributed by atoms with Gasteiger partial charge in [0.2, 0.25) is 0 Å². The highest BCUT2D eigenvalue weighted by atomic mass is 16.3. The van der Waals surface area contributed by atoms with E-state index < -0.39 is 0 Å². The molecule has 0 aliphatic heterocycles. The second-order valence-electron chi connectivity index (χ2n) is 4.07. The number of hydrogen-bond donors (Lipinski definition) is 1. The van der Waals surface area contributed by atoms with Gasteiger partial charge in [0.15, 0.2) is 0 Å². The standard InChI is InChI=1S/C12H20O/c1-3-5-8-11(13)12(4-2)9-6-7-10-12/h11,13H,4,6-10H2,1-2H3. The first-order valence-electron chi connectivity index (χ1n) is 5.33. The predicted molar refractivity (Wildman–Crippen MR) is 55.3 cm³/mol. The summed E-state index contributed by atoms with van der Waals surface area (Å²) in [6, 6.07) is 0. The van der Waals surface area contributed by atoms with E-state index in [0.717, 1.165) is 6.42 Å². The average molecular weight is 180 g/mol. The lowest BCUT2D eigenvalue weighted by Gasteiger charge is -2.32. The van der Waals surface area contributed by atoms with Crippen LogP contribution in [0.2, 0.25) is 0 Å². The first kappa shape index (κ1) is 10.6. The normalized spacial score (nSPS) is 22.1. The molecule has 1 unspecified atom stereocenters. The van der Waals surface area contributed by atoms with E-state index >= 15 is 0 Å². The van der Waals surface area contributed by atoms with Gasteiger partial charge in [-0.05, 0) is 31.6 Å². The predicted octanol–water partition coefficient (Wildman–Crippen LogP) is 2.73. The molecule has 1 aliphatic carbocycles. The molecule has 0 aromatic heterocycles. The fourth-order valence-electron chi connectivity index (χ4n) is 2.42. The molecule has 0 aromatic carbocycles. The first-order chi connectivity index (χ1) is 6.25. The summed E-state index contributed by atoms with van der Waals surface area (Å²) in [4.78, 5) is 0. The second-order valence-corrected chi connectivity index (χ2v) is 4.07. The molecule has 1 nitrogen and oxygen atoms in total. The molecule has 0 radical (unpaired) electrons. The van der Waals surface area contributed by atoms with Crippen LogP contribution in [0.5, 0.6) is 0 Å². The van der Waals surface area contributed by atoms with Crippen molar-refractivity contribution in [1.82, 2.24) is 0 Å². The Morgan fingerprint density at radius 1 is 1.38 bits per heavy atom. The lowest BCUT2D eigenvalue weighted by molar-refractivity contribution is 0.0293. The molecule has 1 aliphatic rings. The SMILES string of the molecule is CC#CCC(O)C1(CC)CCCC1. The molecule has 1 fully saturated rings. The van der Waals surface area contributed by atoms with Crippen LogP contribution in [0.1, 0.15) is 52.4 Å². The maximum absolute atomic E-state index is 10.0. The Morgan fingerprint density at radius 3 is 2.46 bits per heavy atom. The first-order valence-corrected chi connectivity index (χ1v) is 5.33. The Balaban J connectivity index is 2.57. The van der Waals surface area contributed by atoms with E-state index in [1.807, 2.05) is 6.92 Å². The van der Waals surface area contributed by atoms with Gasteiger partial charge in [-0.2, -0.15) is 0 Å². The molecule has 1 N–H and O–H groups in total. The van der Waals surface area contributed by atoms with Crippen LogP contribution in [0.25, 0.3) is 0 Å². The molecule has 0 amide bonds. The van der Waals surface area contributed by atoms with Crippen LogP contribution in [0.15, 0.2) is 0 Å². The summed E-state index contributed by atoms with van der Waals surface area (Å²) in [6.45, 7) is 4.02. The third kappa shape index (κ3) is 2.25. The number of hydrogen-bond acceptors (Lipinski definition) is 1. The van der Waals surface area contributed by atoms with E-state index in [1.165, 1.54) is 25.7 Å². The third-order valence-electron chi connectivity index (χ3n) is 3.48. The summed E-state index contributed by atoms with van der Waals surface area (Å²) in [5, 5.41) is 10.0. The molecule has 0 spiro atoms. The van der Waals surface area contributed by atoms with Crippen molar-refractivity contribution in [3.63, 3.8) is 0 Å². The number of rotatable bonds is 3. The quantitative estimate of drug-likeness (QED) is 0.662. The Bertz CT molecular complexity index is 203. The second kappa shape index (κ2) is 4.67. The van der Waals surface area contributed by atoms with Gasteiger partial charge in [-0.3, -0.25) is 0 Å². The number of aliphatic hydroxyl groups is 1. The largest absolute Gasteiger partial charge is 0.392 e. The highest BCUT2D eigenvalue weighted by Crippen LogP contribution is 2.44. The summed E-state index contributed by atoms with van der Waals surface area (Å²) in [7, 11) is 0. The molecule has 0 heterocycles. The highest BCUT2D eigenvalue weighted by molar-refractivity contribution is 5.01. The van der Waals surface area contributed by atoms with E-state index in [2.05, 4.69) is 18.8 Å². The van der Waals surface area contributed by atoms with Gasteiger partial charge >= 0.3 is 0 Å². The number of aliphatic hydroxyl groups excluding tert-OH is 1. The minimum atomic E-state index is -0.201. The van der Waals surface area contributed by atoms with Gasteiger partial charge in [0.25, 0.3) is 0 Å². The van der Waals surface area contributed by atoms with Crippen LogP contribution in [0.4, 0.5) is 0 Å². The Kier molecular flexibility index (Phi) is 3.81. The monoisotopic (exact) mass is 180 g/mol. The summed E-state index contributed by atoms with van der Waals surface area (Å²) >= 11 is 0. The molecule has 1 rings (SSSR count). The van der Waals surface area contributed by atoms with Crippen LogP contribution >= 0.6 is 0 Å². The van der Waals surface area contributed by atoms with Crippen LogP contribution in [-0.4, -0.2) is 11.2 Å². The maximum Gasteiger partial charge on any atom is 0.0705 e. The smallest absolute Gasteiger partial charge is 0.0705 e. The highest BCUT2D eigenvalue weighted by Gasteiger charge is 2.38. The van der Waals surface area contributed by atoms with Crippen LogP contribution in [-0.2, 0) is 0 Å². The lowest BCUT2D eigenvalue weighted by atomic mass is 9.77. The van der Waals surface area contributed by atoms with E-state index in [4.69, 9.17) is 0 Å². The van der Waals surface area contributed by atoms with Gasteiger partial charge in [-0.25, -0.2) is 0 Å². The molecular weight excluding hydrogens is 160 g/mol. The maximum atomic E-state index is 10.0. The summed E-state index contributed by atoms with van der Waals surface area (Å²) in [5.41, 5.74) is 0.198. The Morgan fingerprint density at radius 2 is 2.00 bits per heavy atom. The zero-order chi connectivity index (χ0) is 9.73. The van der Waals surface area contributed by atoms with Gasteiger partial charge in [-0.1, -0.05) is 19.8 Å². The third-order valence-corrected chi connectivity index (χ3v) is 3.48. The van der Waals surface area contributed by atoms with E-state index in [0.29, 0.717) is 6.42 Å². The zero-order valence-electron chi connectivity index (χ0n) is 8.77. The van der Waals surface area contributed by atoms with E-state index in [1.54, 1.807) is 0 Å². The van der Waals surface area contributed by atoms with Crippen LogP contribution < -0.4 is 0 Å². The Labute approximate surface area is 81.5 Å². The fourth-order valence-corrected chi connectivity index (χ4v) is 2.42. The van der Waals surface area contributed by atoms with Gasteiger partial charge in [0, 0.05) is 6.42 Å². The molecule has 0 bridgehead atoms. The van der Waals surface area contributed by atoms with Crippen LogP contribution in [0.3, 0.4) is 0 Å². The van der Waals surface area contributed by atoms with Gasteiger partial charge in [-0.15, -0.1) is 11.8 Å². The zero-order valence-corrected chi connectivity index (χ0v) is 8.77. The van der Waals surface area contributed by atoms with Crippen molar-refractivity contribution in [2.75, 3.05) is 0 Å².